The summed E-state index contributed by atoms with van der Waals surface area (Å²) >= 11 is 5.70. The van der Waals surface area contributed by atoms with Gasteiger partial charge in [0.05, 0.1) is 13.2 Å². The molecule has 0 bridgehead atoms. The van der Waals surface area contributed by atoms with Crippen molar-refractivity contribution in [3.63, 3.8) is 0 Å². The first kappa shape index (κ1) is 20.7. The summed E-state index contributed by atoms with van der Waals surface area (Å²) in [5, 5.41) is 14.2. The standard InChI is InChI=1S/C24H26N2O2S/c1-2-28-22-14-12-21(13-15-22)26(18-20-10-6-7-11-23(20)27)24(29)25-17-16-19-8-4-3-5-9-19/h3-15,27H,2,16-18H2,1H3,(H,25,29). The molecule has 0 amide bonds. The Labute approximate surface area is 177 Å². The van der Waals surface area contributed by atoms with Crippen molar-refractivity contribution in [1.29, 1.82) is 0 Å². The summed E-state index contributed by atoms with van der Waals surface area (Å²) in [5.41, 5.74) is 3.01. The normalized spacial score (nSPS) is 10.4. The largest absolute Gasteiger partial charge is 0.508 e. The maximum atomic E-state index is 10.2. The van der Waals surface area contributed by atoms with Gasteiger partial charge in [-0.1, -0.05) is 48.5 Å². The molecule has 2 N–H and O–H groups in total. The van der Waals surface area contributed by atoms with E-state index in [0.717, 1.165) is 30.0 Å². The molecule has 5 heteroatoms. The second-order valence-corrected chi connectivity index (χ2v) is 7.00. The average Bonchev–Trinajstić information content (AvgIpc) is 2.75. The van der Waals surface area contributed by atoms with E-state index in [1.807, 2.05) is 72.5 Å². The summed E-state index contributed by atoms with van der Waals surface area (Å²) in [4.78, 5) is 1.99. The minimum Gasteiger partial charge on any atom is -0.508 e. The molecule has 0 aromatic heterocycles. The molecule has 0 saturated carbocycles. The van der Waals surface area contributed by atoms with Crippen LogP contribution in [0, 0.1) is 0 Å². The van der Waals surface area contributed by atoms with Crippen LogP contribution in [0.4, 0.5) is 5.69 Å². The van der Waals surface area contributed by atoms with E-state index >= 15 is 0 Å². The minimum absolute atomic E-state index is 0.260. The van der Waals surface area contributed by atoms with Crippen LogP contribution in [0.5, 0.6) is 11.5 Å². The number of anilines is 1. The third kappa shape index (κ3) is 5.96. The topological polar surface area (TPSA) is 44.7 Å². The molecule has 29 heavy (non-hydrogen) atoms. The smallest absolute Gasteiger partial charge is 0.173 e. The van der Waals surface area contributed by atoms with Crippen LogP contribution in [0.25, 0.3) is 0 Å². The van der Waals surface area contributed by atoms with Gasteiger partial charge in [-0.15, -0.1) is 0 Å². The van der Waals surface area contributed by atoms with E-state index in [0.29, 0.717) is 18.3 Å². The summed E-state index contributed by atoms with van der Waals surface area (Å²) in [5.74, 6) is 1.08. The molecule has 0 radical (unpaired) electrons. The fourth-order valence-electron chi connectivity index (χ4n) is 3.04. The van der Waals surface area contributed by atoms with Crippen LogP contribution in [-0.4, -0.2) is 23.4 Å². The van der Waals surface area contributed by atoms with E-state index in [1.54, 1.807) is 6.07 Å². The average molecular weight is 407 g/mol. The summed E-state index contributed by atoms with van der Waals surface area (Å²) in [7, 11) is 0. The van der Waals surface area contributed by atoms with Gasteiger partial charge in [0.15, 0.2) is 5.11 Å². The Kier molecular flexibility index (Phi) is 7.47. The summed E-state index contributed by atoms with van der Waals surface area (Å²) in [6, 6.07) is 25.5. The fraction of sp³-hybridized carbons (Fsp3) is 0.208. The Bertz CT molecular complexity index is 914. The van der Waals surface area contributed by atoms with Gasteiger partial charge in [0.2, 0.25) is 0 Å². The van der Waals surface area contributed by atoms with Crippen molar-refractivity contribution in [3.8, 4) is 11.5 Å². The van der Waals surface area contributed by atoms with Gasteiger partial charge in [-0.05, 0) is 61.5 Å². The van der Waals surface area contributed by atoms with Crippen molar-refractivity contribution in [2.24, 2.45) is 0 Å². The van der Waals surface area contributed by atoms with Crippen LogP contribution in [0.3, 0.4) is 0 Å². The molecule has 0 spiro atoms. The fourth-order valence-corrected chi connectivity index (χ4v) is 3.31. The van der Waals surface area contributed by atoms with Gasteiger partial charge < -0.3 is 20.1 Å². The predicted octanol–water partition coefficient (Wildman–Crippen LogP) is 4.91. The van der Waals surface area contributed by atoms with Crippen LogP contribution < -0.4 is 15.0 Å². The van der Waals surface area contributed by atoms with E-state index in [4.69, 9.17) is 17.0 Å². The minimum atomic E-state index is 0.260. The lowest BCUT2D eigenvalue weighted by atomic mass is 10.1. The molecule has 3 rings (SSSR count). The van der Waals surface area contributed by atoms with Crippen molar-refractivity contribution < 1.29 is 9.84 Å². The Balaban J connectivity index is 1.74. The first-order chi connectivity index (χ1) is 14.2. The molecular formula is C24H26N2O2S. The lowest BCUT2D eigenvalue weighted by Crippen LogP contribution is -2.40. The van der Waals surface area contributed by atoms with Gasteiger partial charge in [-0.3, -0.25) is 0 Å². The van der Waals surface area contributed by atoms with Crippen molar-refractivity contribution in [3.05, 3.63) is 90.0 Å². The van der Waals surface area contributed by atoms with E-state index in [-0.39, 0.29) is 5.75 Å². The first-order valence-electron chi connectivity index (χ1n) is 9.76. The second kappa shape index (κ2) is 10.5. The number of hydrogen-bond donors (Lipinski definition) is 2. The lowest BCUT2D eigenvalue weighted by Gasteiger charge is -2.27. The zero-order valence-corrected chi connectivity index (χ0v) is 17.4. The van der Waals surface area contributed by atoms with Gasteiger partial charge in [0.1, 0.15) is 11.5 Å². The van der Waals surface area contributed by atoms with E-state index in [2.05, 4.69) is 17.4 Å². The molecular weight excluding hydrogens is 380 g/mol. The quantitative estimate of drug-likeness (QED) is 0.520. The van der Waals surface area contributed by atoms with Crippen LogP contribution in [0.15, 0.2) is 78.9 Å². The van der Waals surface area contributed by atoms with Gasteiger partial charge in [0.25, 0.3) is 0 Å². The zero-order valence-electron chi connectivity index (χ0n) is 16.5. The number of phenols is 1. The summed E-state index contributed by atoms with van der Waals surface area (Å²) in [6.45, 7) is 3.79. The molecule has 3 aromatic carbocycles. The maximum Gasteiger partial charge on any atom is 0.173 e. The van der Waals surface area contributed by atoms with Crippen molar-refractivity contribution in [2.75, 3.05) is 18.1 Å². The van der Waals surface area contributed by atoms with Crippen LogP contribution in [-0.2, 0) is 13.0 Å². The highest BCUT2D eigenvalue weighted by Crippen LogP contribution is 2.24. The highest BCUT2D eigenvalue weighted by atomic mass is 32.1. The molecule has 0 aliphatic heterocycles. The van der Waals surface area contributed by atoms with Crippen LogP contribution in [0.1, 0.15) is 18.1 Å². The predicted molar refractivity (Wildman–Crippen MR) is 123 cm³/mol. The van der Waals surface area contributed by atoms with E-state index in [1.165, 1.54) is 5.56 Å². The Morgan fingerprint density at radius 2 is 1.66 bits per heavy atom. The SMILES string of the molecule is CCOc1ccc(N(Cc2ccccc2O)C(=S)NCCc2ccccc2)cc1. The molecule has 3 aromatic rings. The van der Waals surface area contributed by atoms with Crippen molar-refractivity contribution in [1.82, 2.24) is 5.32 Å². The monoisotopic (exact) mass is 406 g/mol. The Morgan fingerprint density at radius 1 is 0.966 bits per heavy atom. The van der Waals surface area contributed by atoms with Gasteiger partial charge in [0, 0.05) is 17.8 Å². The third-order valence-electron chi connectivity index (χ3n) is 4.56. The van der Waals surface area contributed by atoms with Crippen molar-refractivity contribution in [2.45, 2.75) is 19.9 Å². The molecule has 0 heterocycles. The molecule has 0 saturated heterocycles. The third-order valence-corrected chi connectivity index (χ3v) is 4.92. The number of benzene rings is 3. The lowest BCUT2D eigenvalue weighted by molar-refractivity contribution is 0.340. The Morgan fingerprint density at radius 3 is 2.34 bits per heavy atom. The molecule has 0 aliphatic carbocycles. The van der Waals surface area contributed by atoms with Gasteiger partial charge in [-0.2, -0.15) is 0 Å². The number of thiocarbonyl (C=S) groups is 1. The number of aromatic hydroxyl groups is 1. The second-order valence-electron chi connectivity index (χ2n) is 6.61. The molecule has 0 aliphatic rings. The summed E-state index contributed by atoms with van der Waals surface area (Å²) < 4.78 is 5.55. The van der Waals surface area contributed by atoms with Gasteiger partial charge >= 0.3 is 0 Å². The number of ether oxygens (including phenoxy) is 1. The van der Waals surface area contributed by atoms with Crippen LogP contribution in [0.2, 0.25) is 0 Å². The molecule has 0 fully saturated rings. The van der Waals surface area contributed by atoms with Crippen molar-refractivity contribution >= 4 is 23.0 Å². The molecule has 0 unspecified atom stereocenters. The van der Waals surface area contributed by atoms with Gasteiger partial charge in [-0.25, -0.2) is 0 Å². The van der Waals surface area contributed by atoms with E-state index < -0.39 is 0 Å². The number of nitrogens with one attached hydrogen (secondary N) is 1. The molecule has 0 atom stereocenters. The number of rotatable bonds is 8. The first-order valence-corrected chi connectivity index (χ1v) is 10.2. The maximum absolute atomic E-state index is 10.2. The van der Waals surface area contributed by atoms with Crippen LogP contribution >= 0.6 is 12.2 Å². The summed E-state index contributed by atoms with van der Waals surface area (Å²) in [6.07, 6.45) is 0.884. The number of para-hydroxylation sites is 1. The highest BCUT2D eigenvalue weighted by Gasteiger charge is 2.15. The molecule has 150 valence electrons. The number of hydrogen-bond acceptors (Lipinski definition) is 3. The number of phenolic OH excluding ortho intramolecular Hbond substituents is 1. The molecule has 4 nitrogen and oxygen atoms in total. The van der Waals surface area contributed by atoms with E-state index in [9.17, 15) is 5.11 Å². The zero-order chi connectivity index (χ0) is 20.5. The highest BCUT2D eigenvalue weighted by molar-refractivity contribution is 7.80. The Hall–Kier alpha value is -3.05. The number of nitrogens with zero attached hydrogens (tertiary/aromatic N) is 1.